The summed E-state index contributed by atoms with van der Waals surface area (Å²) in [6.07, 6.45) is 0.614. The highest BCUT2D eigenvalue weighted by Gasteiger charge is 2.27. The van der Waals surface area contributed by atoms with E-state index in [-0.39, 0.29) is 23.4 Å². The second-order valence-corrected chi connectivity index (χ2v) is 9.77. The molecule has 0 radical (unpaired) electrons. The first-order valence-corrected chi connectivity index (χ1v) is 11.4. The maximum Gasteiger partial charge on any atom is 0.243 e. The Labute approximate surface area is 182 Å². The van der Waals surface area contributed by atoms with Crippen LogP contribution in [-0.4, -0.2) is 44.7 Å². The minimum atomic E-state index is -3.86. The molecule has 2 N–H and O–H groups in total. The van der Waals surface area contributed by atoms with Gasteiger partial charge in [-0.05, 0) is 43.7 Å². The summed E-state index contributed by atoms with van der Waals surface area (Å²) in [5.74, 6) is 0.143. The van der Waals surface area contributed by atoms with Crippen LogP contribution in [0.1, 0.15) is 36.1 Å². The summed E-state index contributed by atoms with van der Waals surface area (Å²) in [5.41, 5.74) is 3.49. The van der Waals surface area contributed by atoms with Gasteiger partial charge in [0.1, 0.15) is 5.75 Å². The number of nitrogens with one attached hydrogen (secondary N) is 2. The molecule has 0 saturated heterocycles. The van der Waals surface area contributed by atoms with Crippen molar-refractivity contribution in [2.24, 2.45) is 0 Å². The van der Waals surface area contributed by atoms with Crippen LogP contribution in [0.2, 0.25) is 0 Å². The summed E-state index contributed by atoms with van der Waals surface area (Å²) < 4.78 is 32.4. The zero-order valence-electron chi connectivity index (χ0n) is 18.1. The van der Waals surface area contributed by atoms with Crippen molar-refractivity contribution in [3.05, 3.63) is 53.1 Å². The molecule has 8 nitrogen and oxygen atoms in total. The minimum Gasteiger partial charge on any atom is -0.493 e. The van der Waals surface area contributed by atoms with E-state index < -0.39 is 15.9 Å². The van der Waals surface area contributed by atoms with Gasteiger partial charge >= 0.3 is 0 Å². The lowest BCUT2D eigenvalue weighted by Gasteiger charge is -2.29. The zero-order chi connectivity index (χ0) is 22.8. The van der Waals surface area contributed by atoms with Crippen molar-refractivity contribution in [3.8, 4) is 5.75 Å². The summed E-state index contributed by atoms with van der Waals surface area (Å²) >= 11 is 0. The molecule has 9 heteroatoms. The Hall–Kier alpha value is -2.91. The van der Waals surface area contributed by atoms with Gasteiger partial charge in [-0.2, -0.15) is 4.31 Å². The highest BCUT2D eigenvalue weighted by Crippen LogP contribution is 2.35. The normalized spacial score (nSPS) is 15.7. The monoisotopic (exact) mass is 445 g/mol. The molecule has 1 aliphatic rings. The van der Waals surface area contributed by atoms with Gasteiger partial charge in [-0.3, -0.25) is 9.59 Å². The van der Waals surface area contributed by atoms with Gasteiger partial charge in [0.05, 0.1) is 24.1 Å². The lowest BCUT2D eigenvalue weighted by atomic mass is 9.95. The fourth-order valence-corrected chi connectivity index (χ4v) is 4.78. The maximum absolute atomic E-state index is 12.8. The number of aryl methyl sites for hydroxylation is 2. The number of likely N-dealkylation sites (N-methyl/N-ethyl adjacent to an activating group) is 1. The van der Waals surface area contributed by atoms with E-state index in [0.717, 1.165) is 26.7 Å². The van der Waals surface area contributed by atoms with Crippen molar-refractivity contribution < 1.29 is 22.7 Å². The third-order valence-electron chi connectivity index (χ3n) is 5.06. The smallest absolute Gasteiger partial charge is 0.243 e. The molecule has 0 bridgehead atoms. The molecule has 166 valence electrons. The maximum atomic E-state index is 12.8. The molecule has 1 unspecified atom stereocenters. The molecule has 1 aliphatic heterocycles. The fourth-order valence-electron chi connectivity index (χ4n) is 3.65. The SMILES string of the molecule is CC(=O)Nc1ccc(S(=O)(=O)N(C)CC(=O)NC2CCOc3c(C)cc(C)cc32)cc1. The van der Waals surface area contributed by atoms with Gasteiger partial charge in [-0.1, -0.05) is 17.7 Å². The Balaban J connectivity index is 1.69. The molecule has 1 heterocycles. The standard InChI is InChI=1S/C22H27N3O5S/c1-14-11-15(2)22-19(12-14)20(9-10-30-22)24-21(27)13-25(4)31(28,29)18-7-5-17(6-8-18)23-16(3)26/h5-8,11-12,20H,9-10,13H2,1-4H3,(H,23,26)(H,24,27). The molecule has 0 fully saturated rings. The van der Waals surface area contributed by atoms with Gasteiger partial charge < -0.3 is 15.4 Å². The number of nitrogens with zero attached hydrogens (tertiary/aromatic N) is 1. The lowest BCUT2D eigenvalue weighted by Crippen LogP contribution is -2.41. The third-order valence-corrected chi connectivity index (χ3v) is 6.88. The Morgan fingerprint density at radius 2 is 1.84 bits per heavy atom. The number of sulfonamides is 1. The van der Waals surface area contributed by atoms with E-state index >= 15 is 0 Å². The van der Waals surface area contributed by atoms with E-state index in [1.807, 2.05) is 26.0 Å². The van der Waals surface area contributed by atoms with Crippen LogP contribution in [0.15, 0.2) is 41.3 Å². The number of carbonyl (C=O) groups is 2. The number of rotatable bonds is 6. The van der Waals surface area contributed by atoms with Crippen molar-refractivity contribution in [2.75, 3.05) is 25.5 Å². The number of amides is 2. The van der Waals surface area contributed by atoms with Gasteiger partial charge in [0.25, 0.3) is 0 Å². The van der Waals surface area contributed by atoms with Crippen LogP contribution in [0.5, 0.6) is 5.75 Å². The van der Waals surface area contributed by atoms with Crippen LogP contribution in [-0.2, 0) is 19.6 Å². The van der Waals surface area contributed by atoms with Gasteiger partial charge in [0, 0.05) is 31.6 Å². The summed E-state index contributed by atoms with van der Waals surface area (Å²) in [5, 5.41) is 5.53. The van der Waals surface area contributed by atoms with Crippen LogP contribution < -0.4 is 15.4 Å². The highest BCUT2D eigenvalue weighted by atomic mass is 32.2. The molecule has 0 saturated carbocycles. The Bertz CT molecular complexity index is 1100. The molecule has 2 aromatic carbocycles. The molecule has 2 aromatic rings. The van der Waals surface area contributed by atoms with Crippen molar-refractivity contribution in [1.82, 2.24) is 9.62 Å². The largest absolute Gasteiger partial charge is 0.493 e. The lowest BCUT2D eigenvalue weighted by molar-refractivity contribution is -0.122. The molecule has 0 aliphatic carbocycles. The minimum absolute atomic E-state index is 0.0413. The number of hydrogen-bond acceptors (Lipinski definition) is 5. The molecular formula is C22H27N3O5S. The Kier molecular flexibility index (Phi) is 6.66. The topological polar surface area (TPSA) is 105 Å². The van der Waals surface area contributed by atoms with Crippen molar-refractivity contribution >= 4 is 27.5 Å². The fraction of sp³-hybridized carbons (Fsp3) is 0.364. The van der Waals surface area contributed by atoms with Crippen LogP contribution in [0, 0.1) is 13.8 Å². The van der Waals surface area contributed by atoms with Gasteiger partial charge in [-0.15, -0.1) is 0 Å². The zero-order valence-corrected chi connectivity index (χ0v) is 18.9. The van der Waals surface area contributed by atoms with Crippen molar-refractivity contribution in [3.63, 3.8) is 0 Å². The van der Waals surface area contributed by atoms with Gasteiger partial charge in [-0.25, -0.2) is 8.42 Å². The summed E-state index contributed by atoms with van der Waals surface area (Å²) in [4.78, 5) is 23.8. The van der Waals surface area contributed by atoms with Crippen molar-refractivity contribution in [1.29, 1.82) is 0 Å². The average Bonchev–Trinajstić information content (AvgIpc) is 2.68. The number of benzene rings is 2. The number of anilines is 1. The van der Waals surface area contributed by atoms with E-state index in [0.29, 0.717) is 18.7 Å². The Morgan fingerprint density at radius 3 is 2.48 bits per heavy atom. The highest BCUT2D eigenvalue weighted by molar-refractivity contribution is 7.89. The van der Waals surface area contributed by atoms with Crippen LogP contribution in [0.25, 0.3) is 0 Å². The first-order chi connectivity index (χ1) is 14.6. The van der Waals surface area contributed by atoms with E-state index in [4.69, 9.17) is 4.74 Å². The molecule has 3 rings (SSSR count). The van der Waals surface area contributed by atoms with Gasteiger partial charge in [0.2, 0.25) is 21.8 Å². The molecule has 31 heavy (non-hydrogen) atoms. The number of carbonyl (C=O) groups excluding carboxylic acids is 2. The first kappa shape index (κ1) is 22.8. The summed E-state index contributed by atoms with van der Waals surface area (Å²) in [7, 11) is -2.49. The molecule has 1 atom stereocenters. The summed E-state index contributed by atoms with van der Waals surface area (Å²) in [6.45, 7) is 5.49. The predicted octanol–water partition coefficient (Wildman–Crippen LogP) is 2.52. The quantitative estimate of drug-likeness (QED) is 0.711. The van der Waals surface area contributed by atoms with Gasteiger partial charge in [0.15, 0.2) is 0 Å². The van der Waals surface area contributed by atoms with Crippen molar-refractivity contribution in [2.45, 2.75) is 38.1 Å². The Morgan fingerprint density at radius 1 is 1.16 bits per heavy atom. The van der Waals surface area contributed by atoms with Crippen LogP contribution >= 0.6 is 0 Å². The number of hydrogen-bond donors (Lipinski definition) is 2. The third kappa shape index (κ3) is 5.23. The predicted molar refractivity (Wildman–Crippen MR) is 117 cm³/mol. The number of fused-ring (bicyclic) bond motifs is 1. The first-order valence-electron chi connectivity index (χ1n) is 9.95. The molecular weight excluding hydrogens is 418 g/mol. The van der Waals surface area contributed by atoms with E-state index in [1.54, 1.807) is 0 Å². The van der Waals surface area contributed by atoms with E-state index in [2.05, 4.69) is 10.6 Å². The van der Waals surface area contributed by atoms with Crippen LogP contribution in [0.3, 0.4) is 0 Å². The second-order valence-electron chi connectivity index (χ2n) is 7.72. The van der Waals surface area contributed by atoms with E-state index in [1.165, 1.54) is 38.2 Å². The van der Waals surface area contributed by atoms with E-state index in [9.17, 15) is 18.0 Å². The summed E-state index contributed by atoms with van der Waals surface area (Å²) in [6, 6.07) is 9.59. The second kappa shape index (κ2) is 9.07. The molecule has 0 aromatic heterocycles. The van der Waals surface area contributed by atoms with Crippen LogP contribution in [0.4, 0.5) is 5.69 Å². The average molecular weight is 446 g/mol. The molecule has 0 spiro atoms. The molecule has 2 amide bonds. The number of ether oxygens (including phenoxy) is 1.